The van der Waals surface area contributed by atoms with Crippen LogP contribution in [0, 0.1) is 0 Å². The van der Waals surface area contributed by atoms with Crippen molar-refractivity contribution in [1.82, 2.24) is 4.90 Å². The second kappa shape index (κ2) is 8.60. The summed E-state index contributed by atoms with van der Waals surface area (Å²) in [5.74, 6) is 0. The summed E-state index contributed by atoms with van der Waals surface area (Å²) in [7, 11) is 3.76. The molecular formula is C17H21Cl2N3OS. The molecule has 2 amide bonds. The third kappa shape index (κ3) is 5.03. The smallest absolute Gasteiger partial charge is 0.321 e. The molecule has 0 fully saturated rings. The summed E-state index contributed by atoms with van der Waals surface area (Å²) in [5.41, 5.74) is 1.59. The molecule has 0 saturated carbocycles. The molecule has 24 heavy (non-hydrogen) atoms. The number of urea groups is 1. The van der Waals surface area contributed by atoms with Gasteiger partial charge in [0.05, 0.1) is 21.6 Å². The molecule has 0 spiro atoms. The third-order valence-electron chi connectivity index (χ3n) is 3.56. The van der Waals surface area contributed by atoms with Crippen LogP contribution in [-0.4, -0.2) is 31.6 Å². The van der Waals surface area contributed by atoms with Gasteiger partial charge in [0.25, 0.3) is 0 Å². The highest BCUT2D eigenvalue weighted by molar-refractivity contribution is 7.16. The van der Waals surface area contributed by atoms with Gasteiger partial charge in [0, 0.05) is 31.2 Å². The Morgan fingerprint density at radius 2 is 1.96 bits per heavy atom. The molecule has 0 aliphatic rings. The highest BCUT2D eigenvalue weighted by atomic mass is 35.5. The van der Waals surface area contributed by atoms with Crippen LogP contribution in [0.5, 0.6) is 0 Å². The molecule has 0 saturated heterocycles. The Bertz CT molecular complexity index is 705. The molecule has 1 aromatic carbocycles. The molecule has 2 aromatic rings. The van der Waals surface area contributed by atoms with E-state index >= 15 is 0 Å². The fourth-order valence-corrected chi connectivity index (χ4v) is 3.62. The van der Waals surface area contributed by atoms with Crippen LogP contribution in [0.3, 0.4) is 0 Å². The van der Waals surface area contributed by atoms with Crippen molar-refractivity contribution in [3.63, 3.8) is 0 Å². The number of carbonyl (C=O) groups excluding carboxylic acids is 1. The van der Waals surface area contributed by atoms with Crippen molar-refractivity contribution in [3.05, 3.63) is 44.6 Å². The minimum atomic E-state index is -0.159. The summed E-state index contributed by atoms with van der Waals surface area (Å²) in [6.07, 6.45) is 0.911. The quantitative estimate of drug-likeness (QED) is 0.705. The van der Waals surface area contributed by atoms with E-state index in [0.717, 1.165) is 23.0 Å². The first-order valence-corrected chi connectivity index (χ1v) is 9.25. The van der Waals surface area contributed by atoms with Gasteiger partial charge in [-0.3, -0.25) is 0 Å². The van der Waals surface area contributed by atoms with Gasteiger partial charge < -0.3 is 15.1 Å². The molecule has 1 N–H and O–H groups in total. The lowest BCUT2D eigenvalue weighted by molar-refractivity contribution is 0.222. The topological polar surface area (TPSA) is 35.6 Å². The van der Waals surface area contributed by atoms with Gasteiger partial charge in [-0.2, -0.15) is 0 Å². The van der Waals surface area contributed by atoms with Crippen LogP contribution in [0.4, 0.5) is 16.2 Å². The average molecular weight is 386 g/mol. The van der Waals surface area contributed by atoms with E-state index in [-0.39, 0.29) is 6.03 Å². The van der Waals surface area contributed by atoms with Crippen LogP contribution in [-0.2, 0) is 6.54 Å². The predicted octanol–water partition coefficient (Wildman–Crippen LogP) is 5.57. The number of hydrogen-bond acceptors (Lipinski definition) is 3. The van der Waals surface area contributed by atoms with Gasteiger partial charge in [-0.25, -0.2) is 4.79 Å². The zero-order chi connectivity index (χ0) is 17.7. The number of anilines is 2. The number of benzene rings is 1. The van der Waals surface area contributed by atoms with Gasteiger partial charge in [0.1, 0.15) is 0 Å². The van der Waals surface area contributed by atoms with E-state index < -0.39 is 0 Å². The highest BCUT2D eigenvalue weighted by Crippen LogP contribution is 2.29. The lowest BCUT2D eigenvalue weighted by atomic mass is 10.2. The van der Waals surface area contributed by atoms with Crippen LogP contribution in [0.15, 0.2) is 30.3 Å². The minimum Gasteiger partial charge on any atom is -0.369 e. The van der Waals surface area contributed by atoms with Crippen molar-refractivity contribution in [1.29, 1.82) is 0 Å². The van der Waals surface area contributed by atoms with Crippen molar-refractivity contribution in [2.45, 2.75) is 19.9 Å². The van der Waals surface area contributed by atoms with Crippen molar-refractivity contribution in [3.8, 4) is 0 Å². The Morgan fingerprint density at radius 3 is 2.54 bits per heavy atom. The molecule has 1 heterocycles. The first-order valence-electron chi connectivity index (χ1n) is 7.67. The van der Waals surface area contributed by atoms with Crippen LogP contribution < -0.4 is 10.2 Å². The number of halogens is 2. The minimum absolute atomic E-state index is 0.159. The maximum atomic E-state index is 12.1. The van der Waals surface area contributed by atoms with E-state index in [1.54, 1.807) is 23.3 Å². The maximum Gasteiger partial charge on any atom is 0.321 e. The maximum absolute atomic E-state index is 12.1. The van der Waals surface area contributed by atoms with E-state index in [4.69, 9.17) is 23.2 Å². The number of nitrogens with one attached hydrogen (secondary N) is 1. The van der Waals surface area contributed by atoms with Gasteiger partial charge >= 0.3 is 6.03 Å². The lowest BCUT2D eigenvalue weighted by Crippen LogP contribution is -2.31. The highest BCUT2D eigenvalue weighted by Gasteiger charge is 2.12. The molecule has 0 atom stereocenters. The van der Waals surface area contributed by atoms with Gasteiger partial charge in [-0.15, -0.1) is 11.3 Å². The molecule has 0 unspecified atom stereocenters. The molecular weight excluding hydrogens is 365 g/mol. The molecule has 0 aliphatic carbocycles. The Kier molecular flexibility index (Phi) is 6.78. The number of carbonyl (C=O) groups is 1. The normalized spacial score (nSPS) is 10.5. The van der Waals surface area contributed by atoms with E-state index in [0.29, 0.717) is 17.3 Å². The fraction of sp³-hybridized carbons (Fsp3) is 0.353. The van der Waals surface area contributed by atoms with E-state index in [9.17, 15) is 4.79 Å². The standard InChI is InChI=1S/C17H21Cl2N3OS/c1-4-9-21(2)17(23)20-15-7-5-12(10-14(15)18)22(3)11-13-6-8-16(19)24-13/h5-8,10H,4,9,11H2,1-3H3,(H,20,23). The van der Waals surface area contributed by atoms with Crippen molar-refractivity contribution in [2.75, 3.05) is 30.9 Å². The van der Waals surface area contributed by atoms with Gasteiger partial charge in [0.2, 0.25) is 0 Å². The summed E-state index contributed by atoms with van der Waals surface area (Å²) in [5, 5.41) is 3.35. The SMILES string of the molecule is CCCN(C)C(=O)Nc1ccc(N(C)Cc2ccc(Cl)s2)cc1Cl. The summed E-state index contributed by atoms with van der Waals surface area (Å²) in [4.78, 5) is 17.0. The first-order chi connectivity index (χ1) is 11.4. The number of nitrogens with zero attached hydrogens (tertiary/aromatic N) is 2. The summed E-state index contributed by atoms with van der Waals surface area (Å²) in [6, 6.07) is 9.38. The van der Waals surface area contributed by atoms with Crippen molar-refractivity contribution < 1.29 is 4.79 Å². The Labute approximate surface area is 157 Å². The molecule has 2 rings (SSSR count). The Hall–Kier alpha value is -1.43. The average Bonchev–Trinajstić information content (AvgIpc) is 2.94. The Balaban J connectivity index is 2.04. The second-order valence-electron chi connectivity index (χ2n) is 5.58. The molecule has 130 valence electrons. The van der Waals surface area contributed by atoms with E-state index in [2.05, 4.69) is 10.2 Å². The zero-order valence-corrected chi connectivity index (χ0v) is 16.3. The predicted molar refractivity (Wildman–Crippen MR) is 105 cm³/mol. The Morgan fingerprint density at radius 1 is 1.21 bits per heavy atom. The molecule has 0 radical (unpaired) electrons. The lowest BCUT2D eigenvalue weighted by Gasteiger charge is -2.21. The van der Waals surface area contributed by atoms with Crippen LogP contribution in [0.1, 0.15) is 18.2 Å². The number of rotatable bonds is 6. The van der Waals surface area contributed by atoms with E-state index in [1.807, 2.05) is 44.3 Å². The summed E-state index contributed by atoms with van der Waals surface area (Å²) >= 11 is 13.9. The number of thiophene rings is 1. The van der Waals surface area contributed by atoms with Crippen LogP contribution in [0.25, 0.3) is 0 Å². The summed E-state index contributed by atoms with van der Waals surface area (Å²) < 4.78 is 0.783. The van der Waals surface area contributed by atoms with Gasteiger partial charge in [-0.05, 0) is 36.8 Å². The van der Waals surface area contributed by atoms with Gasteiger partial charge in [0.15, 0.2) is 0 Å². The monoisotopic (exact) mass is 385 g/mol. The molecule has 1 aromatic heterocycles. The van der Waals surface area contributed by atoms with E-state index in [1.165, 1.54) is 4.88 Å². The third-order valence-corrected chi connectivity index (χ3v) is 5.09. The molecule has 4 nitrogen and oxygen atoms in total. The van der Waals surface area contributed by atoms with Crippen LogP contribution >= 0.6 is 34.5 Å². The largest absolute Gasteiger partial charge is 0.369 e. The van der Waals surface area contributed by atoms with Gasteiger partial charge in [-0.1, -0.05) is 30.1 Å². The number of amides is 2. The summed E-state index contributed by atoms with van der Waals surface area (Å²) in [6.45, 7) is 3.48. The second-order valence-corrected chi connectivity index (χ2v) is 7.78. The van der Waals surface area contributed by atoms with Crippen molar-refractivity contribution >= 4 is 51.9 Å². The molecule has 0 bridgehead atoms. The van der Waals surface area contributed by atoms with Crippen molar-refractivity contribution in [2.24, 2.45) is 0 Å². The first kappa shape index (κ1) is 18.9. The fourth-order valence-electron chi connectivity index (χ4n) is 2.25. The molecule has 0 aliphatic heterocycles. The zero-order valence-electron chi connectivity index (χ0n) is 14.0. The molecule has 7 heteroatoms. The van der Waals surface area contributed by atoms with Crippen LogP contribution in [0.2, 0.25) is 9.36 Å². The number of hydrogen-bond donors (Lipinski definition) is 1.